The Morgan fingerprint density at radius 2 is 1.79 bits per heavy atom. The highest BCUT2D eigenvalue weighted by Gasteiger charge is 2.24. The van der Waals surface area contributed by atoms with Gasteiger partial charge in [-0.2, -0.15) is 0 Å². The normalized spacial score (nSPS) is 15.4. The van der Waals surface area contributed by atoms with Crippen molar-refractivity contribution >= 4 is 52.9 Å². The van der Waals surface area contributed by atoms with Crippen molar-refractivity contribution in [2.24, 2.45) is 9.98 Å². The molecule has 226 valence electrons. The maximum absolute atomic E-state index is 12.4. The fourth-order valence-electron chi connectivity index (χ4n) is 4.87. The lowest BCUT2D eigenvalue weighted by Gasteiger charge is -2.23. The molecule has 2 aliphatic rings. The Kier molecular flexibility index (Phi) is 10.7. The third-order valence-electron chi connectivity index (χ3n) is 7.27. The zero-order valence-corrected chi connectivity index (χ0v) is 24.7. The van der Waals surface area contributed by atoms with Crippen molar-refractivity contribution in [3.05, 3.63) is 60.0 Å². The second-order valence-corrected chi connectivity index (χ2v) is 10.6. The standard InChI is InChI=1S/C19H18N6O2.C12H20N2O2/c1-20-19(23-14-6-4-5-12-9-10-21-16(12)14)24-17(26)13-7-8-15(22-11-13)18(27)25(2)3;15-11-6-2-1-3-9-14(11)10-12(16)13-7-4-5-8-13/h4-11,21H,1H2,2-3H3,(H,23,24,26);1-10H2. The van der Waals surface area contributed by atoms with E-state index in [0.717, 1.165) is 62.6 Å². The second-order valence-electron chi connectivity index (χ2n) is 10.6. The van der Waals surface area contributed by atoms with Gasteiger partial charge in [-0.05, 0) is 56.7 Å². The first-order valence-corrected chi connectivity index (χ1v) is 14.4. The summed E-state index contributed by atoms with van der Waals surface area (Å²) < 4.78 is 0. The molecule has 2 aromatic heterocycles. The molecule has 43 heavy (non-hydrogen) atoms. The SMILES string of the molecule is C=NC(=Nc1cccc2cc[nH]c12)NC(=O)c1ccc(C(=O)N(C)C)nc1.O=C(CN1CCCCCC1=O)N1CCCC1. The number of likely N-dealkylation sites (tertiary alicyclic amines) is 2. The van der Waals surface area contributed by atoms with Crippen LogP contribution < -0.4 is 5.32 Å². The van der Waals surface area contributed by atoms with Crippen LogP contribution in [0.25, 0.3) is 10.9 Å². The number of benzene rings is 1. The molecule has 12 nitrogen and oxygen atoms in total. The quantitative estimate of drug-likeness (QED) is 0.348. The maximum atomic E-state index is 12.4. The zero-order valence-electron chi connectivity index (χ0n) is 24.7. The van der Waals surface area contributed by atoms with Gasteiger partial charge < -0.3 is 19.7 Å². The van der Waals surface area contributed by atoms with Crippen LogP contribution in [0, 0.1) is 0 Å². The van der Waals surface area contributed by atoms with E-state index in [9.17, 15) is 19.2 Å². The molecule has 12 heteroatoms. The molecule has 0 aliphatic carbocycles. The van der Waals surface area contributed by atoms with Crippen molar-refractivity contribution < 1.29 is 19.2 Å². The Labute approximate surface area is 250 Å². The molecular formula is C31H38N8O4. The van der Waals surface area contributed by atoms with Crippen LogP contribution in [0.2, 0.25) is 0 Å². The summed E-state index contributed by atoms with van der Waals surface area (Å²) in [5.74, 6) is -0.333. The molecule has 0 bridgehead atoms. The van der Waals surface area contributed by atoms with Crippen LogP contribution in [0.5, 0.6) is 0 Å². The Morgan fingerprint density at radius 1 is 1.02 bits per heavy atom. The van der Waals surface area contributed by atoms with Crippen molar-refractivity contribution in [2.75, 3.05) is 40.3 Å². The van der Waals surface area contributed by atoms with Crippen LogP contribution in [0.4, 0.5) is 5.69 Å². The van der Waals surface area contributed by atoms with Gasteiger partial charge in [0.15, 0.2) is 0 Å². The molecule has 0 radical (unpaired) electrons. The minimum atomic E-state index is -0.448. The van der Waals surface area contributed by atoms with Gasteiger partial charge >= 0.3 is 0 Å². The molecule has 3 aromatic rings. The number of hydrogen-bond donors (Lipinski definition) is 2. The highest BCUT2D eigenvalue weighted by molar-refractivity contribution is 6.08. The molecule has 5 rings (SSSR count). The highest BCUT2D eigenvalue weighted by Crippen LogP contribution is 2.24. The number of pyridine rings is 1. The first kappa shape index (κ1) is 31.1. The van der Waals surface area contributed by atoms with Gasteiger partial charge in [-0.3, -0.25) is 29.5 Å². The first-order chi connectivity index (χ1) is 20.8. The number of carbonyl (C=O) groups excluding carboxylic acids is 4. The third-order valence-corrected chi connectivity index (χ3v) is 7.27. The van der Waals surface area contributed by atoms with Crippen LogP contribution >= 0.6 is 0 Å². The maximum Gasteiger partial charge on any atom is 0.271 e. The first-order valence-electron chi connectivity index (χ1n) is 14.4. The summed E-state index contributed by atoms with van der Waals surface area (Å²) in [6.07, 6.45) is 9.11. The lowest BCUT2D eigenvalue weighted by molar-refractivity contribution is -0.139. The van der Waals surface area contributed by atoms with E-state index in [1.54, 1.807) is 25.1 Å². The molecule has 2 fully saturated rings. The van der Waals surface area contributed by atoms with E-state index < -0.39 is 5.91 Å². The van der Waals surface area contributed by atoms with Gasteiger partial charge in [-0.25, -0.2) is 9.98 Å². The number of carbonyl (C=O) groups is 4. The molecule has 0 unspecified atom stereocenters. The van der Waals surface area contributed by atoms with Crippen molar-refractivity contribution in [1.29, 1.82) is 0 Å². The summed E-state index contributed by atoms with van der Waals surface area (Å²) in [6.45, 7) is 6.28. The van der Waals surface area contributed by atoms with Gasteiger partial charge in [0.2, 0.25) is 17.8 Å². The van der Waals surface area contributed by atoms with Crippen LogP contribution in [-0.2, 0) is 9.59 Å². The number of amides is 4. The van der Waals surface area contributed by atoms with Crippen LogP contribution in [0.15, 0.2) is 58.8 Å². The van der Waals surface area contributed by atoms with Gasteiger partial charge in [-0.15, -0.1) is 0 Å². The molecule has 4 heterocycles. The summed E-state index contributed by atoms with van der Waals surface area (Å²) in [6, 6.07) is 10.6. The monoisotopic (exact) mass is 586 g/mol. The number of H-pyrrole nitrogens is 1. The number of nitrogens with one attached hydrogen (secondary N) is 2. The van der Waals surface area contributed by atoms with Crippen LogP contribution in [0.1, 0.15) is 59.4 Å². The Hall–Kier alpha value is -4.87. The lowest BCUT2D eigenvalue weighted by Crippen LogP contribution is -2.41. The molecule has 4 amide bonds. The zero-order chi connectivity index (χ0) is 30.8. The fraction of sp³-hybridized carbons (Fsp3) is 0.387. The molecule has 0 atom stereocenters. The van der Waals surface area contributed by atoms with Gasteiger partial charge in [0.25, 0.3) is 11.8 Å². The van der Waals surface area contributed by atoms with Gasteiger partial charge in [0, 0.05) is 57.9 Å². The van der Waals surface area contributed by atoms with Crippen molar-refractivity contribution in [2.45, 2.75) is 38.5 Å². The van der Waals surface area contributed by atoms with E-state index in [1.165, 1.54) is 23.2 Å². The molecule has 2 aliphatic heterocycles. The molecule has 0 spiro atoms. The number of para-hydroxylation sites is 1. The van der Waals surface area contributed by atoms with Crippen molar-refractivity contribution in [1.82, 2.24) is 30.0 Å². The van der Waals surface area contributed by atoms with Gasteiger partial charge in [0.1, 0.15) is 5.69 Å². The number of aromatic amines is 1. The van der Waals surface area contributed by atoms with Gasteiger partial charge in [-0.1, -0.05) is 18.6 Å². The van der Waals surface area contributed by atoms with E-state index >= 15 is 0 Å². The van der Waals surface area contributed by atoms with E-state index in [-0.39, 0.29) is 34.9 Å². The molecular weight excluding hydrogens is 548 g/mol. The summed E-state index contributed by atoms with van der Waals surface area (Å²) in [4.78, 5) is 68.2. The number of rotatable bonds is 5. The molecule has 1 aromatic carbocycles. The van der Waals surface area contributed by atoms with E-state index in [2.05, 4.69) is 32.0 Å². The number of aromatic nitrogens is 2. The number of aliphatic imine (C=N–C) groups is 2. The topological polar surface area (TPSA) is 143 Å². The predicted molar refractivity (Wildman–Crippen MR) is 166 cm³/mol. The summed E-state index contributed by atoms with van der Waals surface area (Å²) in [5.41, 5.74) is 2.00. The number of guanidine groups is 1. The highest BCUT2D eigenvalue weighted by atomic mass is 16.2. The van der Waals surface area contributed by atoms with Crippen molar-refractivity contribution in [3.8, 4) is 0 Å². The van der Waals surface area contributed by atoms with Crippen LogP contribution in [0.3, 0.4) is 0 Å². The molecule has 2 saturated heterocycles. The molecule has 0 saturated carbocycles. The second kappa shape index (κ2) is 14.9. The average Bonchev–Trinajstić information content (AvgIpc) is 3.69. The van der Waals surface area contributed by atoms with Gasteiger partial charge in [0.05, 0.1) is 23.3 Å². The van der Waals surface area contributed by atoms with E-state index in [0.29, 0.717) is 18.7 Å². The molecule has 2 N–H and O–H groups in total. The lowest BCUT2D eigenvalue weighted by atomic mass is 10.2. The Balaban J connectivity index is 0.000000225. The summed E-state index contributed by atoms with van der Waals surface area (Å²) in [7, 11) is 3.27. The number of hydrogen-bond acceptors (Lipinski definition) is 6. The minimum Gasteiger partial charge on any atom is -0.359 e. The fourth-order valence-corrected chi connectivity index (χ4v) is 4.87. The number of fused-ring (bicyclic) bond motifs is 1. The predicted octanol–water partition coefficient (Wildman–Crippen LogP) is 3.39. The summed E-state index contributed by atoms with van der Waals surface area (Å²) >= 11 is 0. The third kappa shape index (κ3) is 8.34. The van der Waals surface area contributed by atoms with E-state index in [1.807, 2.05) is 29.3 Å². The smallest absolute Gasteiger partial charge is 0.271 e. The summed E-state index contributed by atoms with van der Waals surface area (Å²) in [5, 5.41) is 3.59. The Bertz CT molecular complexity index is 1490. The van der Waals surface area contributed by atoms with Crippen molar-refractivity contribution in [3.63, 3.8) is 0 Å². The average molecular weight is 587 g/mol. The van der Waals surface area contributed by atoms with E-state index in [4.69, 9.17) is 0 Å². The largest absolute Gasteiger partial charge is 0.359 e. The number of nitrogens with zero attached hydrogens (tertiary/aromatic N) is 6. The minimum absolute atomic E-state index is 0.0653. The Morgan fingerprint density at radius 3 is 2.49 bits per heavy atom. The van der Waals surface area contributed by atoms with Crippen LogP contribution in [-0.4, -0.2) is 101 Å².